The zero-order valence-electron chi connectivity index (χ0n) is 17.6. The van der Waals surface area contributed by atoms with Crippen LogP contribution in [0.2, 0.25) is 0 Å². The lowest BCUT2D eigenvalue weighted by molar-refractivity contribution is 0.612. The van der Waals surface area contributed by atoms with E-state index in [-0.39, 0.29) is 17.3 Å². The van der Waals surface area contributed by atoms with Crippen LogP contribution < -0.4 is 5.56 Å². The minimum absolute atomic E-state index is 0.0721. The molecular formula is C25H25FN2OS. The topological polar surface area (TPSA) is 34.9 Å². The van der Waals surface area contributed by atoms with Crippen LogP contribution in [0.15, 0.2) is 58.7 Å². The Labute approximate surface area is 179 Å². The van der Waals surface area contributed by atoms with E-state index < -0.39 is 0 Å². The summed E-state index contributed by atoms with van der Waals surface area (Å²) in [5.74, 6) is 0.950. The lowest BCUT2D eigenvalue weighted by Crippen LogP contribution is -2.26. The van der Waals surface area contributed by atoms with Gasteiger partial charge in [0.15, 0.2) is 0 Å². The Morgan fingerprint density at radius 3 is 2.40 bits per heavy atom. The number of rotatable bonds is 5. The number of thiophene rings is 1. The van der Waals surface area contributed by atoms with Crippen molar-refractivity contribution in [3.63, 3.8) is 0 Å². The molecule has 0 aliphatic heterocycles. The Morgan fingerprint density at radius 2 is 1.77 bits per heavy atom. The largest absolute Gasteiger partial charge is 0.291 e. The molecule has 4 rings (SSSR count). The molecule has 30 heavy (non-hydrogen) atoms. The van der Waals surface area contributed by atoms with E-state index in [4.69, 9.17) is 4.98 Å². The lowest BCUT2D eigenvalue weighted by atomic mass is 9.99. The predicted octanol–water partition coefficient (Wildman–Crippen LogP) is 6.56. The van der Waals surface area contributed by atoms with Crippen molar-refractivity contribution in [1.29, 1.82) is 0 Å². The fraction of sp³-hybridized carbons (Fsp3) is 0.280. The van der Waals surface area contributed by atoms with Crippen molar-refractivity contribution in [2.24, 2.45) is 0 Å². The highest BCUT2D eigenvalue weighted by molar-refractivity contribution is 7.17. The highest BCUT2D eigenvalue weighted by Crippen LogP contribution is 2.32. The van der Waals surface area contributed by atoms with Gasteiger partial charge in [-0.1, -0.05) is 64.1 Å². The number of hydrogen-bond donors (Lipinski definition) is 0. The van der Waals surface area contributed by atoms with Gasteiger partial charge in [-0.25, -0.2) is 9.37 Å². The first kappa shape index (κ1) is 20.5. The molecule has 0 amide bonds. The van der Waals surface area contributed by atoms with Crippen LogP contribution in [0, 0.1) is 5.82 Å². The predicted molar refractivity (Wildman–Crippen MR) is 123 cm³/mol. The van der Waals surface area contributed by atoms with Crippen LogP contribution >= 0.6 is 11.3 Å². The number of aromatic nitrogens is 2. The average Bonchev–Trinajstić information content (AvgIpc) is 3.14. The number of benzene rings is 2. The van der Waals surface area contributed by atoms with Crippen LogP contribution in [-0.4, -0.2) is 9.55 Å². The number of halogens is 1. The van der Waals surface area contributed by atoms with Crippen molar-refractivity contribution in [2.75, 3.05) is 0 Å². The van der Waals surface area contributed by atoms with E-state index in [2.05, 4.69) is 38.1 Å². The van der Waals surface area contributed by atoms with Crippen molar-refractivity contribution >= 4 is 21.6 Å². The monoisotopic (exact) mass is 420 g/mol. The van der Waals surface area contributed by atoms with E-state index in [1.807, 2.05) is 25.3 Å². The van der Waals surface area contributed by atoms with E-state index in [9.17, 15) is 9.18 Å². The van der Waals surface area contributed by atoms with Crippen molar-refractivity contribution in [1.82, 2.24) is 9.55 Å². The Balaban J connectivity index is 1.88. The van der Waals surface area contributed by atoms with Gasteiger partial charge in [-0.05, 0) is 34.7 Å². The molecule has 0 fully saturated rings. The summed E-state index contributed by atoms with van der Waals surface area (Å²) in [5, 5.41) is 2.65. The van der Waals surface area contributed by atoms with Crippen molar-refractivity contribution < 1.29 is 4.39 Å². The Hall–Kier alpha value is -2.79. The van der Waals surface area contributed by atoms with Crippen molar-refractivity contribution in [3.05, 3.63) is 87.0 Å². The minimum Gasteiger partial charge on any atom is -0.291 e. The molecule has 2 heterocycles. The van der Waals surface area contributed by atoms with Crippen molar-refractivity contribution in [2.45, 2.75) is 46.1 Å². The highest BCUT2D eigenvalue weighted by atomic mass is 32.1. The summed E-state index contributed by atoms with van der Waals surface area (Å²) >= 11 is 1.50. The van der Waals surface area contributed by atoms with Gasteiger partial charge in [0.2, 0.25) is 0 Å². The maximum atomic E-state index is 13.7. The molecule has 4 aromatic rings. The number of nitrogens with zero attached hydrogens (tertiary/aromatic N) is 2. The molecule has 3 nitrogen and oxygen atoms in total. The van der Waals surface area contributed by atoms with Crippen LogP contribution in [0.4, 0.5) is 4.39 Å². The fourth-order valence-corrected chi connectivity index (χ4v) is 4.66. The molecule has 0 unspecified atom stereocenters. The quantitative estimate of drug-likeness (QED) is 0.366. The molecule has 0 saturated heterocycles. The maximum absolute atomic E-state index is 13.7. The van der Waals surface area contributed by atoms with Gasteiger partial charge in [-0.15, -0.1) is 11.3 Å². The Morgan fingerprint density at radius 1 is 1.03 bits per heavy atom. The van der Waals surface area contributed by atoms with Gasteiger partial charge < -0.3 is 0 Å². The fourth-order valence-electron chi connectivity index (χ4n) is 3.71. The van der Waals surface area contributed by atoms with Gasteiger partial charge in [-0.3, -0.25) is 9.36 Å². The summed E-state index contributed by atoms with van der Waals surface area (Å²) in [4.78, 5) is 19.2. The molecular weight excluding hydrogens is 395 g/mol. The second-order valence-corrected chi connectivity index (χ2v) is 9.11. The van der Waals surface area contributed by atoms with E-state index in [1.165, 1.54) is 29.0 Å². The molecule has 0 N–H and O–H groups in total. The molecule has 0 atom stereocenters. The number of hydrogen-bond acceptors (Lipinski definition) is 3. The SMILES string of the molecule is CC(C)c1ccc(-c2csc3nc(C(C)C)n(Cc4cccc(F)c4)c(=O)c23)cc1. The van der Waals surface area contributed by atoms with Crippen LogP contribution in [0.1, 0.15) is 56.5 Å². The summed E-state index contributed by atoms with van der Waals surface area (Å²) in [6.45, 7) is 8.67. The zero-order valence-corrected chi connectivity index (χ0v) is 18.5. The Bertz CT molecular complexity index is 1250. The van der Waals surface area contributed by atoms with Gasteiger partial charge in [0.05, 0.1) is 11.9 Å². The third kappa shape index (κ3) is 3.82. The molecule has 154 valence electrons. The summed E-state index contributed by atoms with van der Waals surface area (Å²) in [5.41, 5.74) is 3.86. The second-order valence-electron chi connectivity index (χ2n) is 8.25. The minimum atomic E-state index is -0.304. The lowest BCUT2D eigenvalue weighted by Gasteiger charge is -2.15. The van der Waals surface area contributed by atoms with E-state index >= 15 is 0 Å². The standard InChI is InChI=1S/C25H25FN2OS/c1-15(2)18-8-10-19(11-9-18)21-14-30-24-22(21)25(29)28(23(27-24)16(3)4)13-17-6-5-7-20(26)12-17/h5-12,14-16H,13H2,1-4H3. The second kappa shape index (κ2) is 8.15. The normalized spacial score (nSPS) is 11.7. The molecule has 0 aliphatic rings. The molecule has 0 radical (unpaired) electrons. The van der Waals surface area contributed by atoms with E-state index in [1.54, 1.807) is 10.6 Å². The summed E-state index contributed by atoms with van der Waals surface area (Å²) in [7, 11) is 0. The van der Waals surface area contributed by atoms with E-state index in [0.717, 1.165) is 27.3 Å². The first-order valence-electron chi connectivity index (χ1n) is 10.2. The van der Waals surface area contributed by atoms with Crippen LogP contribution in [-0.2, 0) is 6.54 Å². The molecule has 2 aromatic heterocycles. The van der Waals surface area contributed by atoms with Crippen LogP contribution in [0.5, 0.6) is 0 Å². The molecule has 0 spiro atoms. The molecule has 2 aromatic carbocycles. The summed E-state index contributed by atoms with van der Waals surface area (Å²) in [6, 6.07) is 14.8. The zero-order chi connectivity index (χ0) is 21.4. The third-order valence-electron chi connectivity index (χ3n) is 5.36. The number of fused-ring (bicyclic) bond motifs is 1. The van der Waals surface area contributed by atoms with Gasteiger partial charge in [0.25, 0.3) is 5.56 Å². The van der Waals surface area contributed by atoms with Gasteiger partial charge in [0.1, 0.15) is 16.5 Å². The molecule has 0 bridgehead atoms. The first-order chi connectivity index (χ1) is 14.3. The van der Waals surface area contributed by atoms with Gasteiger partial charge in [0, 0.05) is 16.9 Å². The summed E-state index contributed by atoms with van der Waals surface area (Å²) in [6.07, 6.45) is 0. The average molecular weight is 421 g/mol. The van der Waals surface area contributed by atoms with Gasteiger partial charge >= 0.3 is 0 Å². The molecule has 5 heteroatoms. The first-order valence-corrected chi connectivity index (χ1v) is 11.1. The smallest absolute Gasteiger partial charge is 0.263 e. The van der Waals surface area contributed by atoms with Gasteiger partial charge in [-0.2, -0.15) is 0 Å². The summed E-state index contributed by atoms with van der Waals surface area (Å²) < 4.78 is 15.4. The maximum Gasteiger partial charge on any atom is 0.263 e. The molecule has 0 aliphatic carbocycles. The molecule has 0 saturated carbocycles. The van der Waals surface area contributed by atoms with Crippen molar-refractivity contribution in [3.8, 4) is 11.1 Å². The van der Waals surface area contributed by atoms with E-state index in [0.29, 0.717) is 17.8 Å². The third-order valence-corrected chi connectivity index (χ3v) is 6.23. The van der Waals surface area contributed by atoms with Crippen LogP contribution in [0.25, 0.3) is 21.3 Å². The van der Waals surface area contributed by atoms with Crippen LogP contribution in [0.3, 0.4) is 0 Å². The highest BCUT2D eigenvalue weighted by Gasteiger charge is 2.19. The Kier molecular flexibility index (Phi) is 5.56.